The van der Waals surface area contributed by atoms with Gasteiger partial charge in [0.15, 0.2) is 0 Å². The molecule has 0 amide bonds. The van der Waals surface area contributed by atoms with Crippen LogP contribution >= 0.6 is 23.2 Å². The summed E-state index contributed by atoms with van der Waals surface area (Å²) in [6, 6.07) is 7.94. The van der Waals surface area contributed by atoms with Crippen molar-refractivity contribution in [1.82, 2.24) is 9.88 Å². The van der Waals surface area contributed by atoms with E-state index in [1.165, 1.54) is 5.56 Å². The SMILES string of the molecule is CCn1ccc(CNC(C)c2ccc(Cl)cc2Cl)c1. The molecule has 2 aromatic rings. The Morgan fingerprint density at radius 1 is 1.26 bits per heavy atom. The van der Waals surface area contributed by atoms with Gasteiger partial charge in [-0.15, -0.1) is 0 Å². The summed E-state index contributed by atoms with van der Waals surface area (Å²) < 4.78 is 2.16. The average molecular weight is 297 g/mol. The van der Waals surface area contributed by atoms with Crippen LogP contribution in [0.1, 0.15) is 31.0 Å². The molecule has 1 unspecified atom stereocenters. The zero-order valence-corrected chi connectivity index (χ0v) is 12.7. The lowest BCUT2D eigenvalue weighted by atomic mass is 10.1. The molecule has 1 atom stereocenters. The van der Waals surface area contributed by atoms with E-state index in [2.05, 4.69) is 42.2 Å². The Kier molecular flexibility index (Phi) is 4.92. The van der Waals surface area contributed by atoms with Crippen molar-refractivity contribution in [3.8, 4) is 0 Å². The van der Waals surface area contributed by atoms with Crippen LogP contribution in [0.5, 0.6) is 0 Å². The summed E-state index contributed by atoms with van der Waals surface area (Å²) in [4.78, 5) is 0. The van der Waals surface area contributed by atoms with Crippen molar-refractivity contribution in [2.75, 3.05) is 0 Å². The van der Waals surface area contributed by atoms with Crippen molar-refractivity contribution in [2.24, 2.45) is 0 Å². The number of halogens is 2. The number of hydrogen-bond donors (Lipinski definition) is 1. The third-order valence-electron chi connectivity index (χ3n) is 3.22. The normalized spacial score (nSPS) is 12.6. The Morgan fingerprint density at radius 2 is 2.05 bits per heavy atom. The quantitative estimate of drug-likeness (QED) is 0.849. The van der Waals surface area contributed by atoms with Gasteiger partial charge in [-0.05, 0) is 43.2 Å². The van der Waals surface area contributed by atoms with Crippen LogP contribution in [0.15, 0.2) is 36.7 Å². The molecule has 1 aromatic carbocycles. The minimum atomic E-state index is 0.190. The fraction of sp³-hybridized carbons (Fsp3) is 0.333. The topological polar surface area (TPSA) is 17.0 Å². The number of aryl methyl sites for hydroxylation is 1. The monoisotopic (exact) mass is 296 g/mol. The second-order valence-corrected chi connectivity index (χ2v) is 5.46. The van der Waals surface area contributed by atoms with Crippen LogP contribution in [0.25, 0.3) is 0 Å². The van der Waals surface area contributed by atoms with E-state index in [0.29, 0.717) is 10.0 Å². The van der Waals surface area contributed by atoms with Crippen molar-refractivity contribution in [3.05, 3.63) is 57.8 Å². The molecule has 0 bridgehead atoms. The van der Waals surface area contributed by atoms with E-state index in [4.69, 9.17) is 23.2 Å². The molecule has 102 valence electrons. The Hall–Kier alpha value is -0.960. The van der Waals surface area contributed by atoms with Gasteiger partial charge in [0, 0.05) is 41.6 Å². The first-order chi connectivity index (χ1) is 9.10. The fourth-order valence-corrected chi connectivity index (χ4v) is 2.60. The lowest BCUT2D eigenvalue weighted by Crippen LogP contribution is -2.18. The molecular weight excluding hydrogens is 279 g/mol. The van der Waals surface area contributed by atoms with Gasteiger partial charge in [-0.1, -0.05) is 29.3 Å². The molecule has 0 saturated heterocycles. The fourth-order valence-electron chi connectivity index (χ4n) is 2.03. The van der Waals surface area contributed by atoms with Crippen molar-refractivity contribution in [1.29, 1.82) is 0 Å². The van der Waals surface area contributed by atoms with E-state index < -0.39 is 0 Å². The first kappa shape index (κ1) is 14.4. The van der Waals surface area contributed by atoms with E-state index in [9.17, 15) is 0 Å². The number of rotatable bonds is 5. The molecule has 2 nitrogen and oxygen atoms in total. The third kappa shape index (κ3) is 3.75. The molecule has 19 heavy (non-hydrogen) atoms. The summed E-state index contributed by atoms with van der Waals surface area (Å²) in [5.74, 6) is 0. The summed E-state index contributed by atoms with van der Waals surface area (Å²) in [7, 11) is 0. The van der Waals surface area contributed by atoms with Gasteiger partial charge < -0.3 is 9.88 Å². The standard InChI is InChI=1S/C15H18Cl2N2/c1-3-19-7-6-12(10-19)9-18-11(2)14-5-4-13(16)8-15(14)17/h4-8,10-11,18H,3,9H2,1-2H3. The highest BCUT2D eigenvalue weighted by atomic mass is 35.5. The van der Waals surface area contributed by atoms with Gasteiger partial charge in [0.05, 0.1) is 0 Å². The predicted molar refractivity (Wildman–Crippen MR) is 81.8 cm³/mol. The minimum Gasteiger partial charge on any atom is -0.354 e. The Bertz CT molecular complexity index is 549. The molecule has 0 spiro atoms. The van der Waals surface area contributed by atoms with Crippen molar-refractivity contribution in [2.45, 2.75) is 33.0 Å². The minimum absolute atomic E-state index is 0.190. The maximum Gasteiger partial charge on any atom is 0.0468 e. The van der Waals surface area contributed by atoms with Crippen molar-refractivity contribution >= 4 is 23.2 Å². The molecule has 1 N–H and O–H groups in total. The van der Waals surface area contributed by atoms with Crippen molar-refractivity contribution < 1.29 is 0 Å². The highest BCUT2D eigenvalue weighted by Gasteiger charge is 2.09. The van der Waals surface area contributed by atoms with Gasteiger partial charge in [0.1, 0.15) is 0 Å². The predicted octanol–water partition coefficient (Wildman–Crippen LogP) is 4.67. The van der Waals surface area contributed by atoms with Gasteiger partial charge in [-0.3, -0.25) is 0 Å². The molecule has 1 aromatic heterocycles. The zero-order valence-electron chi connectivity index (χ0n) is 11.2. The Balaban J connectivity index is 1.98. The number of aromatic nitrogens is 1. The Labute approximate surface area is 124 Å². The molecule has 0 fully saturated rings. The zero-order chi connectivity index (χ0) is 13.8. The maximum atomic E-state index is 6.20. The summed E-state index contributed by atoms with van der Waals surface area (Å²) in [6.45, 7) is 6.06. The maximum absolute atomic E-state index is 6.20. The average Bonchev–Trinajstić information content (AvgIpc) is 2.84. The first-order valence-corrected chi connectivity index (χ1v) is 7.18. The molecular formula is C15H18Cl2N2. The van der Waals surface area contributed by atoms with Crippen LogP contribution < -0.4 is 5.32 Å². The number of hydrogen-bond acceptors (Lipinski definition) is 1. The van der Waals surface area contributed by atoms with Crippen LogP contribution in [-0.2, 0) is 13.1 Å². The summed E-state index contributed by atoms with van der Waals surface area (Å²) in [5, 5.41) is 4.85. The summed E-state index contributed by atoms with van der Waals surface area (Å²) in [6.07, 6.45) is 4.25. The van der Waals surface area contributed by atoms with E-state index >= 15 is 0 Å². The highest BCUT2D eigenvalue weighted by molar-refractivity contribution is 6.35. The second-order valence-electron chi connectivity index (χ2n) is 4.62. The number of nitrogens with one attached hydrogen (secondary N) is 1. The van der Waals surface area contributed by atoms with E-state index in [1.807, 2.05) is 12.1 Å². The molecule has 0 aliphatic heterocycles. The summed E-state index contributed by atoms with van der Waals surface area (Å²) in [5.41, 5.74) is 2.35. The number of benzene rings is 1. The van der Waals surface area contributed by atoms with Crippen molar-refractivity contribution in [3.63, 3.8) is 0 Å². The van der Waals surface area contributed by atoms with E-state index in [0.717, 1.165) is 18.7 Å². The van der Waals surface area contributed by atoms with Gasteiger partial charge >= 0.3 is 0 Å². The smallest absolute Gasteiger partial charge is 0.0468 e. The second kappa shape index (κ2) is 6.47. The molecule has 0 aliphatic carbocycles. The van der Waals surface area contributed by atoms with Crippen LogP contribution in [0, 0.1) is 0 Å². The Morgan fingerprint density at radius 3 is 2.68 bits per heavy atom. The lowest BCUT2D eigenvalue weighted by Gasteiger charge is -2.15. The van der Waals surface area contributed by atoms with Gasteiger partial charge in [0.25, 0.3) is 0 Å². The largest absolute Gasteiger partial charge is 0.354 e. The van der Waals surface area contributed by atoms with Crippen LogP contribution in [0.2, 0.25) is 10.0 Å². The van der Waals surface area contributed by atoms with Gasteiger partial charge in [-0.2, -0.15) is 0 Å². The van der Waals surface area contributed by atoms with Crippen LogP contribution in [0.4, 0.5) is 0 Å². The molecule has 0 saturated carbocycles. The van der Waals surface area contributed by atoms with Gasteiger partial charge in [0.2, 0.25) is 0 Å². The van der Waals surface area contributed by atoms with Crippen LogP contribution in [0.3, 0.4) is 0 Å². The van der Waals surface area contributed by atoms with Gasteiger partial charge in [-0.25, -0.2) is 0 Å². The molecule has 2 rings (SSSR count). The molecule has 4 heteroatoms. The molecule has 0 aliphatic rings. The lowest BCUT2D eigenvalue weighted by molar-refractivity contribution is 0.574. The first-order valence-electron chi connectivity index (χ1n) is 6.43. The highest BCUT2D eigenvalue weighted by Crippen LogP contribution is 2.26. The number of nitrogens with zero attached hydrogens (tertiary/aromatic N) is 1. The molecule has 0 radical (unpaired) electrons. The van der Waals surface area contributed by atoms with Crippen LogP contribution in [-0.4, -0.2) is 4.57 Å². The summed E-state index contributed by atoms with van der Waals surface area (Å²) >= 11 is 12.1. The third-order valence-corrected chi connectivity index (χ3v) is 3.78. The van der Waals surface area contributed by atoms with E-state index in [1.54, 1.807) is 6.07 Å². The van der Waals surface area contributed by atoms with E-state index in [-0.39, 0.29) is 6.04 Å². The molecule has 1 heterocycles.